The molecule has 1 heterocycles. The van der Waals surface area contributed by atoms with Gasteiger partial charge in [0.25, 0.3) is 5.91 Å². The number of amides is 1. The Morgan fingerprint density at radius 3 is 2.33 bits per heavy atom. The Labute approximate surface area is 142 Å². The smallest absolute Gasteiger partial charge is 0.291 e. The van der Waals surface area contributed by atoms with Gasteiger partial charge in [-0.05, 0) is 43.7 Å². The first-order valence-corrected chi connectivity index (χ1v) is 9.22. The Kier molecular flexibility index (Phi) is 5.46. The summed E-state index contributed by atoms with van der Waals surface area (Å²) in [6.07, 6.45) is 0. The van der Waals surface area contributed by atoms with Crippen molar-refractivity contribution in [3.8, 4) is 0 Å². The van der Waals surface area contributed by atoms with Gasteiger partial charge >= 0.3 is 0 Å². The lowest BCUT2D eigenvalue weighted by Crippen LogP contribution is -2.31. The van der Waals surface area contributed by atoms with Gasteiger partial charge in [-0.3, -0.25) is 4.79 Å². The number of hydrogen-bond donors (Lipinski definition) is 1. The Hall–Kier alpha value is -2.12. The van der Waals surface area contributed by atoms with E-state index in [2.05, 4.69) is 5.32 Å². The SMILES string of the molecule is CCN(CC)S(=O)(=O)c1cc(NC(=O)c2ccc(C)o2)ccc1C. The summed E-state index contributed by atoms with van der Waals surface area (Å²) in [5.41, 5.74) is 1.04. The molecule has 0 unspecified atom stereocenters. The molecule has 2 rings (SSSR count). The summed E-state index contributed by atoms with van der Waals surface area (Å²) in [4.78, 5) is 12.3. The summed E-state index contributed by atoms with van der Waals surface area (Å²) >= 11 is 0. The van der Waals surface area contributed by atoms with Crippen LogP contribution in [0.5, 0.6) is 0 Å². The maximum Gasteiger partial charge on any atom is 0.291 e. The fraction of sp³-hybridized carbons (Fsp3) is 0.353. The second kappa shape index (κ2) is 7.19. The maximum atomic E-state index is 12.7. The summed E-state index contributed by atoms with van der Waals surface area (Å²) in [7, 11) is -3.59. The molecule has 0 aliphatic heterocycles. The number of sulfonamides is 1. The number of aryl methyl sites for hydroxylation is 2. The van der Waals surface area contributed by atoms with Crippen molar-refractivity contribution in [3.05, 3.63) is 47.4 Å². The minimum atomic E-state index is -3.59. The van der Waals surface area contributed by atoms with E-state index in [0.717, 1.165) is 0 Å². The van der Waals surface area contributed by atoms with E-state index in [9.17, 15) is 13.2 Å². The van der Waals surface area contributed by atoms with E-state index in [1.165, 1.54) is 10.4 Å². The summed E-state index contributed by atoms with van der Waals surface area (Å²) in [6, 6.07) is 8.10. The maximum absolute atomic E-state index is 12.7. The molecule has 24 heavy (non-hydrogen) atoms. The first-order chi connectivity index (χ1) is 11.3. The zero-order valence-corrected chi connectivity index (χ0v) is 15.1. The molecule has 1 aromatic carbocycles. The van der Waals surface area contributed by atoms with Crippen LogP contribution in [-0.2, 0) is 10.0 Å². The van der Waals surface area contributed by atoms with E-state index in [1.54, 1.807) is 52.0 Å². The quantitative estimate of drug-likeness (QED) is 0.868. The second-order valence-corrected chi connectivity index (χ2v) is 7.34. The molecular weight excluding hydrogens is 328 g/mol. The Morgan fingerprint density at radius 2 is 1.79 bits per heavy atom. The third-order valence-corrected chi connectivity index (χ3v) is 5.93. The van der Waals surface area contributed by atoms with Crippen molar-refractivity contribution in [1.29, 1.82) is 0 Å². The molecule has 0 radical (unpaired) electrons. The van der Waals surface area contributed by atoms with E-state index in [-0.39, 0.29) is 10.7 Å². The number of nitrogens with zero attached hydrogens (tertiary/aromatic N) is 1. The molecule has 1 aromatic heterocycles. The van der Waals surface area contributed by atoms with Crippen LogP contribution in [0.4, 0.5) is 5.69 Å². The van der Waals surface area contributed by atoms with Gasteiger partial charge < -0.3 is 9.73 Å². The van der Waals surface area contributed by atoms with Crippen LogP contribution in [0.15, 0.2) is 39.6 Å². The first kappa shape index (κ1) is 18.2. The summed E-state index contributed by atoms with van der Waals surface area (Å²) < 4.78 is 32.1. The van der Waals surface area contributed by atoms with Crippen LogP contribution in [0.25, 0.3) is 0 Å². The van der Waals surface area contributed by atoms with Crippen molar-refractivity contribution in [2.45, 2.75) is 32.6 Å². The zero-order valence-electron chi connectivity index (χ0n) is 14.3. The lowest BCUT2D eigenvalue weighted by Gasteiger charge is -2.20. The molecule has 0 saturated carbocycles. The molecule has 1 N–H and O–H groups in total. The number of furan rings is 1. The lowest BCUT2D eigenvalue weighted by atomic mass is 10.2. The molecule has 0 bridgehead atoms. The van der Waals surface area contributed by atoms with Gasteiger partial charge in [-0.25, -0.2) is 8.42 Å². The van der Waals surface area contributed by atoms with E-state index >= 15 is 0 Å². The molecule has 130 valence electrons. The molecule has 2 aromatic rings. The minimum absolute atomic E-state index is 0.182. The normalized spacial score (nSPS) is 11.7. The van der Waals surface area contributed by atoms with Gasteiger partial charge in [0.2, 0.25) is 10.0 Å². The van der Waals surface area contributed by atoms with Gasteiger partial charge in [0, 0.05) is 18.8 Å². The molecule has 7 heteroatoms. The van der Waals surface area contributed by atoms with Crippen molar-refractivity contribution in [2.75, 3.05) is 18.4 Å². The van der Waals surface area contributed by atoms with Gasteiger partial charge in [0.1, 0.15) is 5.76 Å². The van der Waals surface area contributed by atoms with E-state index in [1.807, 2.05) is 0 Å². The number of carbonyl (C=O) groups is 1. The first-order valence-electron chi connectivity index (χ1n) is 7.78. The number of benzene rings is 1. The number of hydrogen-bond acceptors (Lipinski definition) is 4. The largest absolute Gasteiger partial charge is 0.456 e. The van der Waals surface area contributed by atoms with Crippen molar-refractivity contribution < 1.29 is 17.6 Å². The van der Waals surface area contributed by atoms with Crippen molar-refractivity contribution in [2.24, 2.45) is 0 Å². The molecule has 0 saturated heterocycles. The number of rotatable bonds is 6. The second-order valence-electron chi connectivity index (χ2n) is 5.43. The molecule has 0 spiro atoms. The third-order valence-electron chi connectivity index (χ3n) is 3.73. The van der Waals surface area contributed by atoms with Gasteiger partial charge in [-0.2, -0.15) is 4.31 Å². The lowest BCUT2D eigenvalue weighted by molar-refractivity contribution is 0.0995. The van der Waals surface area contributed by atoms with Gasteiger partial charge in [0.05, 0.1) is 4.90 Å². The van der Waals surface area contributed by atoms with Crippen LogP contribution in [0, 0.1) is 13.8 Å². The highest BCUT2D eigenvalue weighted by atomic mass is 32.2. The van der Waals surface area contributed by atoms with Crippen LogP contribution < -0.4 is 5.32 Å². The topological polar surface area (TPSA) is 79.6 Å². The Bertz CT molecular complexity index is 836. The molecule has 6 nitrogen and oxygen atoms in total. The average Bonchev–Trinajstić information content (AvgIpc) is 2.96. The molecule has 0 fully saturated rings. The minimum Gasteiger partial charge on any atom is -0.456 e. The van der Waals surface area contributed by atoms with Crippen molar-refractivity contribution >= 4 is 21.6 Å². The third kappa shape index (κ3) is 3.68. The van der Waals surface area contributed by atoms with E-state index in [4.69, 9.17) is 4.42 Å². The number of carbonyl (C=O) groups excluding carboxylic acids is 1. The van der Waals surface area contributed by atoms with E-state index in [0.29, 0.717) is 30.1 Å². The predicted molar refractivity (Wildman–Crippen MR) is 92.7 cm³/mol. The fourth-order valence-corrected chi connectivity index (χ4v) is 4.12. The molecule has 0 aliphatic rings. The Balaban J connectivity index is 2.33. The molecule has 1 amide bonds. The van der Waals surface area contributed by atoms with Gasteiger partial charge in [0.15, 0.2) is 5.76 Å². The van der Waals surface area contributed by atoms with Crippen LogP contribution in [0.3, 0.4) is 0 Å². The monoisotopic (exact) mass is 350 g/mol. The molecular formula is C17H22N2O4S. The average molecular weight is 350 g/mol. The van der Waals surface area contributed by atoms with Crippen molar-refractivity contribution in [1.82, 2.24) is 4.31 Å². The highest BCUT2D eigenvalue weighted by Gasteiger charge is 2.24. The zero-order chi connectivity index (χ0) is 17.9. The van der Waals surface area contributed by atoms with Crippen LogP contribution >= 0.6 is 0 Å². The summed E-state index contributed by atoms with van der Waals surface area (Å²) in [5.74, 6) is 0.397. The van der Waals surface area contributed by atoms with E-state index < -0.39 is 15.9 Å². The number of anilines is 1. The summed E-state index contributed by atoms with van der Waals surface area (Å²) in [6.45, 7) is 7.85. The molecule has 0 atom stereocenters. The fourth-order valence-electron chi connectivity index (χ4n) is 2.41. The molecule has 0 aliphatic carbocycles. The summed E-state index contributed by atoms with van der Waals surface area (Å²) in [5, 5.41) is 2.67. The predicted octanol–water partition coefficient (Wildman–Crippen LogP) is 3.18. The highest BCUT2D eigenvalue weighted by Crippen LogP contribution is 2.24. The van der Waals surface area contributed by atoms with Crippen LogP contribution in [0.2, 0.25) is 0 Å². The highest BCUT2D eigenvalue weighted by molar-refractivity contribution is 7.89. The van der Waals surface area contributed by atoms with Crippen LogP contribution in [-0.4, -0.2) is 31.7 Å². The van der Waals surface area contributed by atoms with Gasteiger partial charge in [-0.15, -0.1) is 0 Å². The Morgan fingerprint density at radius 1 is 1.12 bits per heavy atom. The van der Waals surface area contributed by atoms with Crippen molar-refractivity contribution in [3.63, 3.8) is 0 Å². The van der Waals surface area contributed by atoms with Crippen LogP contribution in [0.1, 0.15) is 35.7 Å². The van der Waals surface area contributed by atoms with Gasteiger partial charge in [-0.1, -0.05) is 19.9 Å². The number of nitrogens with one attached hydrogen (secondary N) is 1. The standard InChI is InChI=1S/C17H22N2O4S/c1-5-19(6-2)24(21,22)16-11-14(9-7-12(16)3)18-17(20)15-10-8-13(4)23-15/h7-11H,5-6H2,1-4H3,(H,18,20).